The van der Waals surface area contributed by atoms with Crippen LogP contribution in [0.2, 0.25) is 5.02 Å². The highest BCUT2D eigenvalue weighted by Crippen LogP contribution is 2.24. The van der Waals surface area contributed by atoms with Crippen molar-refractivity contribution in [1.29, 1.82) is 0 Å². The minimum absolute atomic E-state index is 0.219. The van der Waals surface area contributed by atoms with E-state index < -0.39 is 17.8 Å². The number of carbonyl (C=O) groups excluding carboxylic acids is 3. The van der Waals surface area contributed by atoms with Crippen LogP contribution < -0.4 is 20.2 Å². The molecule has 0 unspecified atom stereocenters. The molecule has 0 fully saturated rings. The lowest BCUT2D eigenvalue weighted by molar-refractivity contribution is -0.120. The van der Waals surface area contributed by atoms with Gasteiger partial charge in [0.05, 0.1) is 30.0 Å². The number of benzene rings is 3. The van der Waals surface area contributed by atoms with Gasteiger partial charge in [0.2, 0.25) is 0 Å². The summed E-state index contributed by atoms with van der Waals surface area (Å²) >= 11 is 9.41. The lowest BCUT2D eigenvalue weighted by Crippen LogP contribution is -2.34. The molecule has 0 aliphatic carbocycles. The van der Waals surface area contributed by atoms with Crippen LogP contribution in [0.3, 0.4) is 0 Å². The van der Waals surface area contributed by atoms with Gasteiger partial charge in [-0.15, -0.1) is 0 Å². The third-order valence-electron chi connectivity index (χ3n) is 4.50. The molecule has 2 N–H and O–H groups in total. The molecular formula is C25H21BrClN3O5. The highest BCUT2D eigenvalue weighted by molar-refractivity contribution is 9.10. The summed E-state index contributed by atoms with van der Waals surface area (Å²) in [6.45, 7) is 2.11. The maximum atomic E-state index is 12.5. The van der Waals surface area contributed by atoms with Crippen molar-refractivity contribution in [3.8, 4) is 11.5 Å². The minimum atomic E-state index is -0.631. The lowest BCUT2D eigenvalue weighted by atomic mass is 10.2. The third-order valence-corrected chi connectivity index (χ3v) is 5.32. The Kier molecular flexibility index (Phi) is 9.39. The normalized spacial score (nSPS) is 10.6. The van der Waals surface area contributed by atoms with Crippen LogP contribution in [0.15, 0.2) is 76.3 Å². The van der Waals surface area contributed by atoms with Gasteiger partial charge in [-0.05, 0) is 61.5 Å². The van der Waals surface area contributed by atoms with Gasteiger partial charge >= 0.3 is 5.97 Å². The first kappa shape index (κ1) is 25.9. The van der Waals surface area contributed by atoms with E-state index in [1.54, 1.807) is 66.7 Å². The molecule has 0 saturated heterocycles. The van der Waals surface area contributed by atoms with Crippen LogP contribution >= 0.6 is 27.5 Å². The molecule has 0 spiro atoms. The highest BCUT2D eigenvalue weighted by Gasteiger charge is 2.14. The van der Waals surface area contributed by atoms with Gasteiger partial charge in [0.25, 0.3) is 11.8 Å². The second-order valence-electron chi connectivity index (χ2n) is 6.98. The molecule has 10 heteroatoms. The van der Waals surface area contributed by atoms with Crippen molar-refractivity contribution in [1.82, 2.24) is 10.7 Å². The monoisotopic (exact) mass is 557 g/mol. The molecule has 8 nitrogen and oxygen atoms in total. The molecule has 3 aromatic rings. The van der Waals surface area contributed by atoms with E-state index in [9.17, 15) is 14.4 Å². The van der Waals surface area contributed by atoms with Crippen LogP contribution in [0.4, 0.5) is 0 Å². The van der Waals surface area contributed by atoms with Gasteiger partial charge < -0.3 is 14.8 Å². The molecular weight excluding hydrogens is 538 g/mol. The standard InChI is InChI=1S/C25H21BrClN3O5/c1-2-34-19-10-7-16(8-11-19)24(32)28-15-23(31)30-29-14-17-13-18(26)9-12-22(17)35-25(33)20-5-3-4-6-21(20)27/h3-14H,2,15H2,1H3,(H,28,32)(H,30,31). The summed E-state index contributed by atoms with van der Waals surface area (Å²) in [5, 5.41) is 6.67. The van der Waals surface area contributed by atoms with Gasteiger partial charge in [0, 0.05) is 15.6 Å². The summed E-state index contributed by atoms with van der Waals surface area (Å²) < 4.78 is 11.5. The fourth-order valence-corrected chi connectivity index (χ4v) is 3.43. The summed E-state index contributed by atoms with van der Waals surface area (Å²) in [6.07, 6.45) is 1.33. The number of hydrogen-bond donors (Lipinski definition) is 2. The van der Waals surface area contributed by atoms with E-state index >= 15 is 0 Å². The van der Waals surface area contributed by atoms with E-state index in [1.807, 2.05) is 6.92 Å². The molecule has 180 valence electrons. The molecule has 0 aliphatic heterocycles. The van der Waals surface area contributed by atoms with Crippen molar-refractivity contribution >= 4 is 51.5 Å². The molecule has 3 rings (SSSR count). The van der Waals surface area contributed by atoms with Crippen LogP contribution in [-0.4, -0.2) is 37.1 Å². The predicted octanol–water partition coefficient (Wildman–Crippen LogP) is 4.60. The smallest absolute Gasteiger partial charge is 0.345 e. The van der Waals surface area contributed by atoms with Crippen molar-refractivity contribution < 1.29 is 23.9 Å². The third kappa shape index (κ3) is 7.66. The van der Waals surface area contributed by atoms with E-state index in [0.29, 0.717) is 28.0 Å². The Bertz CT molecular complexity index is 1250. The van der Waals surface area contributed by atoms with Crippen LogP contribution in [0.5, 0.6) is 11.5 Å². The summed E-state index contributed by atoms with van der Waals surface area (Å²) in [7, 11) is 0. The second kappa shape index (κ2) is 12.7. The number of hydrogen-bond acceptors (Lipinski definition) is 6. The van der Waals surface area contributed by atoms with E-state index in [2.05, 4.69) is 31.8 Å². The summed E-state index contributed by atoms with van der Waals surface area (Å²) in [4.78, 5) is 36.8. The molecule has 35 heavy (non-hydrogen) atoms. The largest absolute Gasteiger partial charge is 0.494 e. The summed E-state index contributed by atoms with van der Waals surface area (Å²) in [5.74, 6) is -0.702. The fraction of sp³-hybridized carbons (Fsp3) is 0.120. The quantitative estimate of drug-likeness (QED) is 0.173. The van der Waals surface area contributed by atoms with Crippen molar-refractivity contribution in [3.05, 3.63) is 92.9 Å². The second-order valence-corrected chi connectivity index (χ2v) is 8.31. The molecule has 0 radical (unpaired) electrons. The van der Waals surface area contributed by atoms with Crippen LogP contribution in [0.1, 0.15) is 33.2 Å². The lowest BCUT2D eigenvalue weighted by Gasteiger charge is -2.09. The van der Waals surface area contributed by atoms with Crippen molar-refractivity contribution in [2.24, 2.45) is 5.10 Å². The molecule has 0 saturated carbocycles. The Balaban J connectivity index is 1.57. The van der Waals surface area contributed by atoms with E-state index in [-0.39, 0.29) is 22.9 Å². The van der Waals surface area contributed by atoms with E-state index in [0.717, 1.165) is 0 Å². The molecule has 2 amide bonds. The maximum absolute atomic E-state index is 12.5. The predicted molar refractivity (Wildman–Crippen MR) is 136 cm³/mol. The Hall–Kier alpha value is -3.69. The number of nitrogens with zero attached hydrogens (tertiary/aromatic N) is 1. The SMILES string of the molecule is CCOc1ccc(C(=O)NCC(=O)NN=Cc2cc(Br)ccc2OC(=O)c2ccccc2Cl)cc1. The molecule has 0 atom stereocenters. The van der Waals surface area contributed by atoms with Crippen LogP contribution in [0.25, 0.3) is 0 Å². The van der Waals surface area contributed by atoms with Gasteiger partial charge in [-0.3, -0.25) is 9.59 Å². The average molecular weight is 559 g/mol. The molecule has 3 aromatic carbocycles. The number of carbonyl (C=O) groups is 3. The fourth-order valence-electron chi connectivity index (χ4n) is 2.84. The van der Waals surface area contributed by atoms with Gasteiger partial charge in [-0.25, -0.2) is 10.2 Å². The van der Waals surface area contributed by atoms with E-state index in [4.69, 9.17) is 21.1 Å². The Labute approximate surface area is 215 Å². The number of ether oxygens (including phenoxy) is 2. The number of halogens is 2. The highest BCUT2D eigenvalue weighted by atomic mass is 79.9. The zero-order chi connectivity index (χ0) is 25.2. The van der Waals surface area contributed by atoms with Crippen LogP contribution in [-0.2, 0) is 4.79 Å². The van der Waals surface area contributed by atoms with Crippen LogP contribution in [0, 0.1) is 0 Å². The number of esters is 1. The van der Waals surface area contributed by atoms with E-state index in [1.165, 1.54) is 6.21 Å². The van der Waals surface area contributed by atoms with Crippen molar-refractivity contribution in [2.75, 3.05) is 13.2 Å². The maximum Gasteiger partial charge on any atom is 0.345 e. The summed E-state index contributed by atoms with van der Waals surface area (Å²) in [5.41, 5.74) is 3.36. The van der Waals surface area contributed by atoms with Gasteiger partial charge in [0.1, 0.15) is 11.5 Å². The molecule has 0 aliphatic rings. The topological polar surface area (TPSA) is 106 Å². The zero-order valence-electron chi connectivity index (χ0n) is 18.6. The number of rotatable bonds is 9. The van der Waals surface area contributed by atoms with Gasteiger partial charge in [0.15, 0.2) is 0 Å². The number of hydrazone groups is 1. The Morgan fingerprint density at radius 3 is 2.51 bits per heavy atom. The number of amides is 2. The Morgan fingerprint density at radius 1 is 1.06 bits per heavy atom. The molecule has 0 bridgehead atoms. The summed E-state index contributed by atoms with van der Waals surface area (Å²) in [6, 6.07) is 18.0. The minimum Gasteiger partial charge on any atom is -0.494 e. The van der Waals surface area contributed by atoms with Crippen molar-refractivity contribution in [2.45, 2.75) is 6.92 Å². The zero-order valence-corrected chi connectivity index (χ0v) is 20.9. The number of nitrogens with one attached hydrogen (secondary N) is 2. The van der Waals surface area contributed by atoms with Gasteiger partial charge in [-0.1, -0.05) is 39.7 Å². The Morgan fingerprint density at radius 2 is 1.80 bits per heavy atom. The van der Waals surface area contributed by atoms with Gasteiger partial charge in [-0.2, -0.15) is 5.10 Å². The first-order valence-electron chi connectivity index (χ1n) is 10.5. The first-order chi connectivity index (χ1) is 16.9. The average Bonchev–Trinajstić information content (AvgIpc) is 2.85. The molecule has 0 heterocycles. The first-order valence-corrected chi connectivity index (χ1v) is 11.6. The van der Waals surface area contributed by atoms with Crippen molar-refractivity contribution in [3.63, 3.8) is 0 Å². The molecule has 0 aromatic heterocycles.